The van der Waals surface area contributed by atoms with Gasteiger partial charge in [0, 0.05) is 0 Å². The highest BCUT2D eigenvalue weighted by Crippen LogP contribution is 2.36. The number of carbonyl (C=O) groups excluding carboxylic acids is 1. The lowest BCUT2D eigenvalue weighted by Gasteiger charge is -2.39. The monoisotopic (exact) mass is 228 g/mol. The molecule has 0 unspecified atom stereocenters. The van der Waals surface area contributed by atoms with E-state index in [-0.39, 0.29) is 5.91 Å². The first-order valence-electron chi connectivity index (χ1n) is 5.38. The molecule has 4 N–H and O–H groups in total. The van der Waals surface area contributed by atoms with Crippen molar-refractivity contribution < 1.29 is 14.7 Å². The van der Waals surface area contributed by atoms with Gasteiger partial charge in [0.05, 0.1) is 16.5 Å². The van der Waals surface area contributed by atoms with Gasteiger partial charge in [-0.3, -0.25) is 9.59 Å². The zero-order chi connectivity index (χ0) is 12.8. The number of nitrogens with two attached hydrogens (primary N) is 1. The molecule has 92 valence electrons. The topological polar surface area (TPSA) is 92.4 Å². The number of hydrogen-bond acceptors (Lipinski definition) is 3. The van der Waals surface area contributed by atoms with Crippen LogP contribution in [0.2, 0.25) is 0 Å². The summed E-state index contributed by atoms with van der Waals surface area (Å²) < 4.78 is 0. The molecule has 5 nitrogen and oxygen atoms in total. The summed E-state index contributed by atoms with van der Waals surface area (Å²) in [5, 5.41) is 11.9. The quantitative estimate of drug-likeness (QED) is 0.652. The SMILES string of the molecule is CC(C)(NC(=O)C1(N)CC1)C(C)(C)C(=O)O. The van der Waals surface area contributed by atoms with Crippen LogP contribution in [0.5, 0.6) is 0 Å². The highest BCUT2D eigenvalue weighted by Gasteiger charge is 2.51. The summed E-state index contributed by atoms with van der Waals surface area (Å²) >= 11 is 0. The predicted molar refractivity (Wildman–Crippen MR) is 59.8 cm³/mol. The fraction of sp³-hybridized carbons (Fsp3) is 0.818. The van der Waals surface area contributed by atoms with Crippen molar-refractivity contribution in [3.05, 3.63) is 0 Å². The molecule has 0 bridgehead atoms. The maximum absolute atomic E-state index is 11.8. The van der Waals surface area contributed by atoms with Gasteiger partial charge in [-0.15, -0.1) is 0 Å². The fourth-order valence-electron chi connectivity index (χ4n) is 1.19. The molecule has 0 heterocycles. The molecule has 1 rings (SSSR count). The lowest BCUT2D eigenvalue weighted by atomic mass is 9.74. The second kappa shape index (κ2) is 3.45. The van der Waals surface area contributed by atoms with Gasteiger partial charge in [-0.2, -0.15) is 0 Å². The molecule has 0 aliphatic heterocycles. The van der Waals surface area contributed by atoms with Crippen molar-refractivity contribution in [1.29, 1.82) is 0 Å². The molecular weight excluding hydrogens is 208 g/mol. The van der Waals surface area contributed by atoms with Gasteiger partial charge in [-0.1, -0.05) is 0 Å². The van der Waals surface area contributed by atoms with Gasteiger partial charge < -0.3 is 16.2 Å². The first-order valence-corrected chi connectivity index (χ1v) is 5.38. The lowest BCUT2D eigenvalue weighted by Crippen LogP contribution is -2.60. The first kappa shape index (κ1) is 13.0. The second-order valence-electron chi connectivity index (χ2n) is 5.67. The van der Waals surface area contributed by atoms with Crippen LogP contribution in [0.4, 0.5) is 0 Å². The predicted octanol–water partition coefficient (Wildman–Crippen LogP) is 0.483. The van der Waals surface area contributed by atoms with E-state index in [0.717, 1.165) is 0 Å². The van der Waals surface area contributed by atoms with Gasteiger partial charge >= 0.3 is 5.97 Å². The van der Waals surface area contributed by atoms with Crippen LogP contribution in [-0.4, -0.2) is 28.1 Å². The van der Waals surface area contributed by atoms with E-state index in [9.17, 15) is 9.59 Å². The average molecular weight is 228 g/mol. The van der Waals surface area contributed by atoms with E-state index in [0.29, 0.717) is 12.8 Å². The number of amides is 1. The van der Waals surface area contributed by atoms with E-state index in [1.54, 1.807) is 27.7 Å². The van der Waals surface area contributed by atoms with E-state index in [1.165, 1.54) is 0 Å². The Morgan fingerprint density at radius 2 is 1.69 bits per heavy atom. The van der Waals surface area contributed by atoms with Crippen molar-refractivity contribution >= 4 is 11.9 Å². The van der Waals surface area contributed by atoms with Crippen LogP contribution in [-0.2, 0) is 9.59 Å². The number of aliphatic carboxylic acids is 1. The lowest BCUT2D eigenvalue weighted by molar-refractivity contribution is -0.152. The van der Waals surface area contributed by atoms with E-state index < -0.39 is 22.5 Å². The zero-order valence-electron chi connectivity index (χ0n) is 10.3. The summed E-state index contributed by atoms with van der Waals surface area (Å²) in [6, 6.07) is 0. The minimum Gasteiger partial charge on any atom is -0.481 e. The molecule has 0 atom stereocenters. The van der Waals surface area contributed by atoms with Gasteiger partial charge in [0.15, 0.2) is 0 Å². The zero-order valence-corrected chi connectivity index (χ0v) is 10.3. The van der Waals surface area contributed by atoms with Crippen LogP contribution >= 0.6 is 0 Å². The summed E-state index contributed by atoms with van der Waals surface area (Å²) in [6.45, 7) is 6.58. The van der Waals surface area contributed by atoms with Crippen molar-refractivity contribution in [1.82, 2.24) is 5.32 Å². The van der Waals surface area contributed by atoms with E-state index >= 15 is 0 Å². The summed E-state index contributed by atoms with van der Waals surface area (Å²) in [5.74, 6) is -1.20. The second-order valence-corrected chi connectivity index (χ2v) is 5.67. The van der Waals surface area contributed by atoms with E-state index in [4.69, 9.17) is 10.8 Å². The van der Waals surface area contributed by atoms with Gasteiger partial charge in [-0.25, -0.2) is 0 Å². The largest absolute Gasteiger partial charge is 0.481 e. The van der Waals surface area contributed by atoms with Gasteiger partial charge in [0.1, 0.15) is 0 Å². The van der Waals surface area contributed by atoms with Crippen molar-refractivity contribution in [3.63, 3.8) is 0 Å². The number of hydrogen-bond donors (Lipinski definition) is 3. The van der Waals surface area contributed by atoms with Gasteiger partial charge in [0.2, 0.25) is 5.91 Å². The summed E-state index contributed by atoms with van der Waals surface area (Å²) in [7, 11) is 0. The molecule has 1 aliphatic carbocycles. The maximum atomic E-state index is 11.8. The van der Waals surface area contributed by atoms with Crippen molar-refractivity contribution in [2.24, 2.45) is 11.1 Å². The Hall–Kier alpha value is -1.10. The highest BCUT2D eigenvalue weighted by molar-refractivity contribution is 5.90. The number of carboxylic acid groups (broad SMARTS) is 1. The molecule has 0 saturated heterocycles. The fourth-order valence-corrected chi connectivity index (χ4v) is 1.19. The molecule has 0 spiro atoms. The Morgan fingerprint density at radius 3 is 2.00 bits per heavy atom. The summed E-state index contributed by atoms with van der Waals surface area (Å²) in [6.07, 6.45) is 1.34. The third-order valence-electron chi connectivity index (χ3n) is 3.76. The van der Waals surface area contributed by atoms with Crippen molar-refractivity contribution in [3.8, 4) is 0 Å². The van der Waals surface area contributed by atoms with Crippen molar-refractivity contribution in [2.45, 2.75) is 51.6 Å². The Bertz CT molecular complexity index is 330. The molecule has 1 amide bonds. The number of rotatable bonds is 4. The van der Waals surface area contributed by atoms with Gasteiger partial charge in [0.25, 0.3) is 0 Å². The highest BCUT2D eigenvalue weighted by atomic mass is 16.4. The van der Waals surface area contributed by atoms with Crippen LogP contribution in [0.25, 0.3) is 0 Å². The number of carboxylic acids is 1. The first-order chi connectivity index (χ1) is 7.03. The Morgan fingerprint density at radius 1 is 1.25 bits per heavy atom. The molecule has 0 radical (unpaired) electrons. The van der Waals surface area contributed by atoms with Crippen molar-refractivity contribution in [2.75, 3.05) is 0 Å². The molecule has 0 aromatic carbocycles. The molecule has 0 aromatic rings. The van der Waals surface area contributed by atoms with Crippen LogP contribution < -0.4 is 11.1 Å². The smallest absolute Gasteiger partial charge is 0.311 e. The maximum Gasteiger partial charge on any atom is 0.311 e. The third kappa shape index (κ3) is 2.04. The summed E-state index contributed by atoms with van der Waals surface area (Å²) in [5.41, 5.74) is 3.10. The summed E-state index contributed by atoms with van der Waals surface area (Å²) in [4.78, 5) is 22.9. The standard InChI is InChI=1S/C11H20N2O3/c1-9(2,8(15)16)10(3,4)13-7(14)11(12)5-6-11/h5-6,12H2,1-4H3,(H,13,14)(H,15,16). The van der Waals surface area contributed by atoms with E-state index in [1.807, 2.05) is 0 Å². The molecule has 5 heteroatoms. The molecular formula is C11H20N2O3. The molecule has 1 fully saturated rings. The van der Waals surface area contributed by atoms with E-state index in [2.05, 4.69) is 5.32 Å². The Balaban J connectivity index is 2.78. The number of carbonyl (C=O) groups is 2. The molecule has 1 saturated carbocycles. The Kier molecular flexibility index (Phi) is 2.79. The average Bonchev–Trinajstić information content (AvgIpc) is 2.83. The third-order valence-corrected chi connectivity index (χ3v) is 3.76. The molecule has 1 aliphatic rings. The normalized spacial score (nSPS) is 19.1. The molecule has 0 aromatic heterocycles. The van der Waals surface area contributed by atoms with Gasteiger partial charge in [-0.05, 0) is 40.5 Å². The Labute approximate surface area is 95.4 Å². The van der Waals surface area contributed by atoms with Crippen LogP contribution in [0.15, 0.2) is 0 Å². The van der Waals surface area contributed by atoms with Crippen LogP contribution in [0.1, 0.15) is 40.5 Å². The minimum atomic E-state index is -1.05. The van der Waals surface area contributed by atoms with Crippen LogP contribution in [0.3, 0.4) is 0 Å². The number of nitrogens with one attached hydrogen (secondary N) is 1. The van der Waals surface area contributed by atoms with Crippen LogP contribution in [0, 0.1) is 5.41 Å². The minimum absolute atomic E-state index is 0.258. The molecule has 16 heavy (non-hydrogen) atoms.